The van der Waals surface area contributed by atoms with Gasteiger partial charge in [0.15, 0.2) is 5.65 Å². The van der Waals surface area contributed by atoms with E-state index in [-0.39, 0.29) is 11.9 Å². The fourth-order valence-corrected chi connectivity index (χ4v) is 5.42. The molecule has 1 aliphatic carbocycles. The van der Waals surface area contributed by atoms with Crippen LogP contribution in [0.15, 0.2) is 31.1 Å². The first kappa shape index (κ1) is 26.1. The van der Waals surface area contributed by atoms with Crippen molar-refractivity contribution in [1.29, 1.82) is 5.41 Å². The van der Waals surface area contributed by atoms with Gasteiger partial charge in [0.05, 0.1) is 24.3 Å². The Morgan fingerprint density at radius 3 is 2.79 bits per heavy atom. The van der Waals surface area contributed by atoms with Crippen molar-refractivity contribution in [3.8, 4) is 11.3 Å². The first-order valence-electron chi connectivity index (χ1n) is 12.8. The van der Waals surface area contributed by atoms with E-state index in [1.807, 2.05) is 6.08 Å². The summed E-state index contributed by atoms with van der Waals surface area (Å²) in [6.45, 7) is 8.75. The van der Waals surface area contributed by atoms with E-state index in [0.29, 0.717) is 53.1 Å². The standard InChI is InChI=1S/C26H31ClN8O3/c1-3-19-14-37-9-8-34(19)26-33-23-21(35(26)13-16-6-4-15(2)5-7-16)20(17-10-18(27)12-30-11-17)31-24(32-23)22(28)38-25(29)36/h3,10-12,15-16,19,28H,1,4-9,13-14H2,2H3,(H2,29,36). The summed E-state index contributed by atoms with van der Waals surface area (Å²) in [7, 11) is 0. The van der Waals surface area contributed by atoms with Crippen LogP contribution in [0.4, 0.5) is 10.7 Å². The number of nitrogens with zero attached hydrogens (tertiary/aromatic N) is 6. The van der Waals surface area contributed by atoms with Crippen LogP contribution in [0.25, 0.3) is 22.4 Å². The molecule has 1 saturated heterocycles. The molecule has 3 aromatic rings. The first-order chi connectivity index (χ1) is 18.3. The summed E-state index contributed by atoms with van der Waals surface area (Å²) in [5.74, 6) is 1.24. The Morgan fingerprint density at radius 1 is 1.29 bits per heavy atom. The highest BCUT2D eigenvalue weighted by Gasteiger charge is 2.31. The molecule has 200 valence electrons. The van der Waals surface area contributed by atoms with E-state index in [1.165, 1.54) is 19.0 Å². The summed E-state index contributed by atoms with van der Waals surface area (Å²) in [5, 5.41) is 8.65. The lowest BCUT2D eigenvalue weighted by Gasteiger charge is -2.35. The monoisotopic (exact) mass is 538 g/mol. The second-order valence-corrected chi connectivity index (χ2v) is 10.4. The SMILES string of the molecule is C=CC1COCCN1c1nc2nc(C(=N)OC(N)=O)nc(-c3cncc(Cl)c3)c2n1CC1CCC(C)CC1. The van der Waals surface area contributed by atoms with Crippen LogP contribution < -0.4 is 10.6 Å². The molecule has 1 saturated carbocycles. The van der Waals surface area contributed by atoms with E-state index in [4.69, 9.17) is 37.2 Å². The third-order valence-electron chi connectivity index (χ3n) is 7.24. The number of imidazole rings is 1. The van der Waals surface area contributed by atoms with E-state index < -0.39 is 12.0 Å². The average Bonchev–Trinajstić information content (AvgIpc) is 3.27. The van der Waals surface area contributed by atoms with E-state index in [2.05, 4.69) is 37.9 Å². The number of aromatic nitrogens is 5. The van der Waals surface area contributed by atoms with Crippen LogP contribution in [0.5, 0.6) is 0 Å². The number of amides is 1. The van der Waals surface area contributed by atoms with Gasteiger partial charge in [-0.1, -0.05) is 37.4 Å². The van der Waals surface area contributed by atoms with Crippen molar-refractivity contribution in [2.45, 2.75) is 45.2 Å². The Balaban J connectivity index is 1.72. The van der Waals surface area contributed by atoms with Crippen LogP contribution in [0.1, 0.15) is 38.4 Å². The Morgan fingerprint density at radius 2 is 2.08 bits per heavy atom. The molecule has 0 radical (unpaired) electrons. The molecular formula is C26H31ClN8O3. The van der Waals surface area contributed by atoms with Crippen LogP contribution in [-0.2, 0) is 16.0 Å². The summed E-state index contributed by atoms with van der Waals surface area (Å²) in [5.41, 5.74) is 7.34. The van der Waals surface area contributed by atoms with E-state index in [9.17, 15) is 4.79 Å². The van der Waals surface area contributed by atoms with Crippen molar-refractivity contribution < 1.29 is 14.3 Å². The number of fused-ring (bicyclic) bond motifs is 1. The predicted molar refractivity (Wildman–Crippen MR) is 144 cm³/mol. The second-order valence-electron chi connectivity index (χ2n) is 9.93. The van der Waals surface area contributed by atoms with Gasteiger partial charge in [0.2, 0.25) is 11.8 Å². The van der Waals surface area contributed by atoms with Crippen molar-refractivity contribution in [2.24, 2.45) is 17.6 Å². The summed E-state index contributed by atoms with van der Waals surface area (Å²) >= 11 is 6.30. The number of morpholine rings is 1. The zero-order chi connectivity index (χ0) is 26.8. The van der Waals surface area contributed by atoms with Gasteiger partial charge in [-0.15, -0.1) is 6.58 Å². The number of anilines is 1. The van der Waals surface area contributed by atoms with Gasteiger partial charge in [-0.2, -0.15) is 4.98 Å². The number of nitrogens with one attached hydrogen (secondary N) is 1. The topological polar surface area (TPSA) is 145 Å². The summed E-state index contributed by atoms with van der Waals surface area (Å²) in [4.78, 5) is 31.9. The first-order valence-corrected chi connectivity index (χ1v) is 13.1. The maximum atomic E-state index is 11.4. The highest BCUT2D eigenvalue weighted by molar-refractivity contribution is 6.30. The van der Waals surface area contributed by atoms with Crippen LogP contribution in [0, 0.1) is 17.2 Å². The van der Waals surface area contributed by atoms with Gasteiger partial charge in [0.25, 0.3) is 5.90 Å². The van der Waals surface area contributed by atoms with Gasteiger partial charge >= 0.3 is 6.09 Å². The van der Waals surface area contributed by atoms with Gasteiger partial charge < -0.3 is 24.7 Å². The molecule has 3 N–H and O–H groups in total. The minimum Gasteiger partial charge on any atom is -0.388 e. The summed E-state index contributed by atoms with van der Waals surface area (Å²) < 4.78 is 12.7. The van der Waals surface area contributed by atoms with Gasteiger partial charge in [-0.3, -0.25) is 10.4 Å². The number of halogens is 1. The largest absolute Gasteiger partial charge is 0.411 e. The molecule has 38 heavy (non-hydrogen) atoms. The quantitative estimate of drug-likeness (QED) is 0.270. The predicted octanol–water partition coefficient (Wildman–Crippen LogP) is 4.18. The van der Waals surface area contributed by atoms with Gasteiger partial charge in [0.1, 0.15) is 11.2 Å². The molecular weight excluding hydrogens is 508 g/mol. The van der Waals surface area contributed by atoms with E-state index in [1.54, 1.807) is 12.3 Å². The average molecular weight is 539 g/mol. The number of primary amides is 1. The van der Waals surface area contributed by atoms with Gasteiger partial charge in [0, 0.05) is 31.0 Å². The number of hydrogen-bond acceptors (Lipinski definition) is 9. The molecule has 2 fully saturated rings. The molecule has 3 aromatic heterocycles. The normalized spacial score (nSPS) is 21.8. The van der Waals surface area contributed by atoms with Crippen molar-refractivity contribution in [3.63, 3.8) is 0 Å². The minimum atomic E-state index is -1.12. The third kappa shape index (κ3) is 5.34. The lowest BCUT2D eigenvalue weighted by Crippen LogP contribution is -2.45. The van der Waals surface area contributed by atoms with Gasteiger partial charge in [-0.25, -0.2) is 14.8 Å². The molecule has 2 aliphatic rings. The molecule has 0 aromatic carbocycles. The number of rotatable bonds is 6. The fourth-order valence-electron chi connectivity index (χ4n) is 5.24. The zero-order valence-electron chi connectivity index (χ0n) is 21.3. The lowest BCUT2D eigenvalue weighted by atomic mass is 9.83. The van der Waals surface area contributed by atoms with Crippen LogP contribution in [0.3, 0.4) is 0 Å². The third-order valence-corrected chi connectivity index (χ3v) is 7.44. The molecule has 1 atom stereocenters. The molecule has 1 amide bonds. The minimum absolute atomic E-state index is 0.0640. The number of nitrogens with two attached hydrogens (primary N) is 1. The maximum absolute atomic E-state index is 11.4. The number of hydrogen-bond donors (Lipinski definition) is 2. The maximum Gasteiger partial charge on any atom is 0.411 e. The van der Waals surface area contributed by atoms with Crippen LogP contribution in [-0.4, -0.2) is 62.3 Å². The molecule has 11 nitrogen and oxygen atoms in total. The number of carbonyl (C=O) groups excluding carboxylic acids is 1. The fraction of sp³-hybridized carbons (Fsp3) is 0.462. The van der Waals surface area contributed by atoms with Crippen molar-refractivity contribution in [3.05, 3.63) is 42.0 Å². The number of carbonyl (C=O) groups is 1. The summed E-state index contributed by atoms with van der Waals surface area (Å²) in [6, 6.07) is 1.69. The molecule has 12 heteroatoms. The van der Waals surface area contributed by atoms with Gasteiger partial charge in [-0.05, 0) is 30.7 Å². The molecule has 4 heterocycles. The van der Waals surface area contributed by atoms with Crippen molar-refractivity contribution in [1.82, 2.24) is 24.5 Å². The Kier molecular flexibility index (Phi) is 7.57. The van der Waals surface area contributed by atoms with E-state index >= 15 is 0 Å². The molecule has 0 spiro atoms. The van der Waals surface area contributed by atoms with E-state index in [0.717, 1.165) is 31.3 Å². The summed E-state index contributed by atoms with van der Waals surface area (Å²) in [6.07, 6.45) is 8.55. The Bertz CT molecular complexity index is 1370. The molecule has 1 aliphatic heterocycles. The van der Waals surface area contributed by atoms with Crippen molar-refractivity contribution >= 4 is 40.7 Å². The lowest BCUT2D eigenvalue weighted by molar-refractivity contribution is 0.105. The number of pyridine rings is 1. The van der Waals surface area contributed by atoms with Crippen LogP contribution in [0.2, 0.25) is 5.02 Å². The smallest absolute Gasteiger partial charge is 0.388 e. The molecule has 0 bridgehead atoms. The number of ether oxygens (including phenoxy) is 2. The zero-order valence-corrected chi connectivity index (χ0v) is 22.0. The molecule has 5 rings (SSSR count). The highest BCUT2D eigenvalue weighted by Crippen LogP contribution is 2.36. The highest BCUT2D eigenvalue weighted by atomic mass is 35.5. The Hall–Kier alpha value is -3.57. The molecule has 1 unspecified atom stereocenters. The Labute approximate surface area is 225 Å². The van der Waals surface area contributed by atoms with Crippen LogP contribution >= 0.6 is 11.6 Å². The van der Waals surface area contributed by atoms with Crippen molar-refractivity contribution in [2.75, 3.05) is 24.7 Å². The second kappa shape index (κ2) is 11.0.